The maximum absolute atomic E-state index is 11.0. The summed E-state index contributed by atoms with van der Waals surface area (Å²) in [5.41, 5.74) is 8.37. The molecule has 1 aliphatic carbocycles. The Morgan fingerprint density at radius 1 is 1.15 bits per heavy atom. The Kier molecular flexibility index (Phi) is 7.59. The summed E-state index contributed by atoms with van der Waals surface area (Å²) in [6.07, 6.45) is 2.87. The zero-order valence-electron chi connectivity index (χ0n) is 19.3. The van der Waals surface area contributed by atoms with Crippen LogP contribution in [0, 0.1) is 12.8 Å². The molecule has 1 saturated heterocycles. The third-order valence-electron chi connectivity index (χ3n) is 6.22. The molecule has 10 heteroatoms. The highest BCUT2D eigenvalue weighted by Crippen LogP contribution is 2.35. The smallest absolute Gasteiger partial charge is 0.304 e. The number of nitrogen functional groups attached to an aromatic ring is 1. The van der Waals surface area contributed by atoms with Crippen molar-refractivity contribution in [3.05, 3.63) is 47.0 Å². The molecule has 1 aromatic heterocycles. The van der Waals surface area contributed by atoms with Gasteiger partial charge in [0.15, 0.2) is 4.21 Å². The van der Waals surface area contributed by atoms with Crippen molar-refractivity contribution >= 4 is 54.5 Å². The highest BCUT2D eigenvalue weighted by Gasteiger charge is 2.27. The van der Waals surface area contributed by atoms with Gasteiger partial charge >= 0.3 is 10.1 Å². The van der Waals surface area contributed by atoms with Crippen LogP contribution in [0.25, 0.3) is 10.1 Å². The molecule has 0 atom stereocenters. The van der Waals surface area contributed by atoms with Gasteiger partial charge in [-0.3, -0.25) is 9.45 Å². The first-order chi connectivity index (χ1) is 16.2. The molecule has 2 aliphatic rings. The number of rotatable bonds is 5. The molecule has 2 heterocycles. The summed E-state index contributed by atoms with van der Waals surface area (Å²) in [4.78, 5) is 4.98. The fourth-order valence-electron chi connectivity index (χ4n) is 4.21. The SMILES string of the molecule is COc1ccc(N)cc1N1CCN(CC2CC2)CC1.Cc1c(S(=O)(=O)O)sc2ccc(Cl)cc12. The van der Waals surface area contributed by atoms with Crippen LogP contribution in [-0.2, 0) is 10.1 Å². The molecule has 7 nitrogen and oxygen atoms in total. The van der Waals surface area contributed by atoms with Gasteiger partial charge in [-0.2, -0.15) is 8.42 Å². The fraction of sp³-hybridized carbons (Fsp3) is 0.417. The van der Waals surface area contributed by atoms with Gasteiger partial charge in [-0.15, -0.1) is 11.3 Å². The molecule has 184 valence electrons. The first-order valence-corrected chi connectivity index (χ1v) is 13.9. The normalized spacial score (nSPS) is 16.9. The van der Waals surface area contributed by atoms with Crippen LogP contribution in [0.3, 0.4) is 0 Å². The summed E-state index contributed by atoms with van der Waals surface area (Å²) in [6.45, 7) is 7.36. The average Bonchev–Trinajstić information content (AvgIpc) is 3.55. The van der Waals surface area contributed by atoms with Crippen LogP contribution in [0.2, 0.25) is 5.02 Å². The van der Waals surface area contributed by atoms with Gasteiger partial charge in [-0.25, -0.2) is 0 Å². The monoisotopic (exact) mass is 523 g/mol. The van der Waals surface area contributed by atoms with Crippen molar-refractivity contribution in [3.63, 3.8) is 0 Å². The van der Waals surface area contributed by atoms with E-state index in [1.54, 1.807) is 32.2 Å². The second kappa shape index (κ2) is 10.3. The van der Waals surface area contributed by atoms with Gasteiger partial charge in [0.2, 0.25) is 0 Å². The lowest BCUT2D eigenvalue weighted by Crippen LogP contribution is -2.47. The number of piperazine rings is 1. The quantitative estimate of drug-likeness (QED) is 0.362. The molecule has 3 N–H and O–H groups in total. The van der Waals surface area contributed by atoms with E-state index in [1.165, 1.54) is 19.4 Å². The number of fused-ring (bicyclic) bond motifs is 1. The van der Waals surface area contributed by atoms with Crippen molar-refractivity contribution in [3.8, 4) is 5.75 Å². The van der Waals surface area contributed by atoms with E-state index in [4.69, 9.17) is 26.6 Å². The molecule has 1 saturated carbocycles. The van der Waals surface area contributed by atoms with Crippen LogP contribution in [0.1, 0.15) is 18.4 Å². The third kappa shape index (κ3) is 5.95. The lowest BCUT2D eigenvalue weighted by Gasteiger charge is -2.36. The Labute approximate surface area is 209 Å². The predicted octanol–water partition coefficient (Wildman–Crippen LogP) is 4.92. The molecule has 3 aromatic rings. The van der Waals surface area contributed by atoms with Gasteiger partial charge in [0, 0.05) is 48.1 Å². The maximum Gasteiger partial charge on any atom is 0.304 e. The Morgan fingerprint density at radius 3 is 2.47 bits per heavy atom. The molecule has 0 bridgehead atoms. The van der Waals surface area contributed by atoms with Crippen molar-refractivity contribution in [1.82, 2.24) is 4.90 Å². The number of methoxy groups -OCH3 is 1. The first-order valence-electron chi connectivity index (χ1n) is 11.2. The summed E-state index contributed by atoms with van der Waals surface area (Å²) in [7, 11) is -2.41. The summed E-state index contributed by atoms with van der Waals surface area (Å²) in [6, 6.07) is 11.0. The molecule has 2 fully saturated rings. The van der Waals surface area contributed by atoms with Crippen molar-refractivity contribution < 1.29 is 17.7 Å². The summed E-state index contributed by atoms with van der Waals surface area (Å²) in [5.74, 6) is 1.90. The van der Waals surface area contributed by atoms with Crippen LogP contribution in [-0.4, -0.2) is 57.7 Å². The molecule has 0 spiro atoms. The number of aryl methyl sites for hydroxylation is 1. The number of anilines is 2. The lowest BCUT2D eigenvalue weighted by atomic mass is 10.2. The van der Waals surface area contributed by atoms with Gasteiger partial charge in [0.25, 0.3) is 0 Å². The van der Waals surface area contributed by atoms with Gasteiger partial charge in [-0.1, -0.05) is 11.6 Å². The fourth-order valence-corrected chi connectivity index (χ4v) is 6.49. The number of hydrogen-bond donors (Lipinski definition) is 2. The standard InChI is InChI=1S/C15H23N3O.C9H7ClO3S2/c1-19-15-5-4-13(16)10-14(15)18-8-6-17(7-9-18)11-12-2-3-12;1-5-7-4-6(10)2-3-8(7)14-9(5)15(11,12)13/h4-5,10,12H,2-3,6-9,11,16H2,1H3;2-4H,1H3,(H,11,12,13). The number of nitrogens with zero attached hydrogens (tertiary/aromatic N) is 2. The summed E-state index contributed by atoms with van der Waals surface area (Å²) in [5, 5.41) is 1.31. The van der Waals surface area contributed by atoms with E-state index in [0.717, 1.165) is 70.6 Å². The van der Waals surface area contributed by atoms with Crippen LogP contribution in [0.5, 0.6) is 5.75 Å². The van der Waals surface area contributed by atoms with E-state index in [2.05, 4.69) is 9.80 Å². The molecule has 0 unspecified atom stereocenters. The van der Waals surface area contributed by atoms with Gasteiger partial charge in [-0.05, 0) is 73.0 Å². The summed E-state index contributed by atoms with van der Waals surface area (Å²) >= 11 is 6.85. The van der Waals surface area contributed by atoms with Crippen LogP contribution < -0.4 is 15.4 Å². The summed E-state index contributed by atoms with van der Waals surface area (Å²) < 4.78 is 37.3. The average molecular weight is 524 g/mol. The van der Waals surface area contributed by atoms with Crippen molar-refractivity contribution in [2.45, 2.75) is 24.0 Å². The topological polar surface area (TPSA) is 96.1 Å². The minimum absolute atomic E-state index is 0.0141. The Balaban J connectivity index is 0.000000166. The largest absolute Gasteiger partial charge is 0.495 e. The highest BCUT2D eigenvalue weighted by atomic mass is 35.5. The second-order valence-electron chi connectivity index (χ2n) is 8.79. The van der Waals surface area contributed by atoms with Crippen molar-refractivity contribution in [1.29, 1.82) is 0 Å². The molecule has 1 aliphatic heterocycles. The molecule has 34 heavy (non-hydrogen) atoms. The van der Waals surface area contributed by atoms with Crippen LogP contribution in [0.4, 0.5) is 11.4 Å². The van der Waals surface area contributed by atoms with E-state index in [-0.39, 0.29) is 4.21 Å². The van der Waals surface area contributed by atoms with E-state index in [9.17, 15) is 8.42 Å². The molecular weight excluding hydrogens is 494 g/mol. The number of ether oxygens (including phenoxy) is 1. The van der Waals surface area contributed by atoms with E-state index in [1.807, 2.05) is 18.2 Å². The number of thiophene rings is 1. The zero-order chi connectivity index (χ0) is 24.5. The Bertz CT molecular complexity index is 1270. The molecule has 0 radical (unpaired) electrons. The maximum atomic E-state index is 11.0. The Hall–Kier alpha value is -2.04. The number of benzene rings is 2. The molecule has 2 aromatic carbocycles. The Morgan fingerprint density at radius 2 is 1.85 bits per heavy atom. The van der Waals surface area contributed by atoms with Crippen LogP contribution in [0.15, 0.2) is 40.6 Å². The van der Waals surface area contributed by atoms with E-state index in [0.29, 0.717) is 10.6 Å². The van der Waals surface area contributed by atoms with Gasteiger partial charge in [0.1, 0.15) is 5.75 Å². The van der Waals surface area contributed by atoms with E-state index < -0.39 is 10.1 Å². The van der Waals surface area contributed by atoms with Gasteiger partial charge < -0.3 is 15.4 Å². The molecular formula is C24H30ClN3O4S2. The number of hydrogen-bond acceptors (Lipinski definition) is 7. The van der Waals surface area contributed by atoms with Crippen LogP contribution >= 0.6 is 22.9 Å². The number of halogens is 1. The molecule has 5 rings (SSSR count). The van der Waals surface area contributed by atoms with Crippen molar-refractivity contribution in [2.75, 3.05) is 50.5 Å². The zero-order valence-corrected chi connectivity index (χ0v) is 21.7. The second-order valence-corrected chi connectivity index (χ2v) is 11.9. The van der Waals surface area contributed by atoms with Gasteiger partial charge in [0.05, 0.1) is 12.8 Å². The third-order valence-corrected chi connectivity index (χ3v) is 9.18. The van der Waals surface area contributed by atoms with E-state index >= 15 is 0 Å². The minimum Gasteiger partial charge on any atom is -0.495 e. The highest BCUT2D eigenvalue weighted by molar-refractivity contribution is 7.88. The number of nitrogens with two attached hydrogens (primary N) is 1. The van der Waals surface area contributed by atoms with Crippen molar-refractivity contribution in [2.24, 2.45) is 5.92 Å². The first kappa shape index (κ1) is 25.1. The minimum atomic E-state index is -4.13. The lowest BCUT2D eigenvalue weighted by molar-refractivity contribution is 0.247. The molecule has 0 amide bonds. The predicted molar refractivity (Wildman–Crippen MR) is 140 cm³/mol.